The quantitative estimate of drug-likeness (QED) is 0.541. The molecule has 0 saturated carbocycles. The van der Waals surface area contributed by atoms with Crippen LogP contribution in [0.4, 0.5) is 4.39 Å². The molecule has 2 N–H and O–H groups in total. The summed E-state index contributed by atoms with van der Waals surface area (Å²) >= 11 is 0. The van der Waals surface area contributed by atoms with Crippen LogP contribution in [0.2, 0.25) is 0 Å². The first kappa shape index (κ1) is 8.90. The lowest BCUT2D eigenvalue weighted by molar-refractivity contribution is -0.0242. The highest BCUT2D eigenvalue weighted by atomic mass is 19.1. The molecule has 2 unspecified atom stereocenters. The van der Waals surface area contributed by atoms with E-state index >= 15 is 0 Å². The number of nitrogens with one attached hydrogen (secondary N) is 1. The van der Waals surface area contributed by atoms with Crippen molar-refractivity contribution in [2.45, 2.75) is 19.3 Å². The Balaban J connectivity index is 2.32. The normalized spacial score (nSPS) is 26.5. The molecule has 0 amide bonds. The molecule has 1 saturated heterocycles. The number of piperazine rings is 1. The molecule has 1 rings (SSSR count). The van der Waals surface area contributed by atoms with Gasteiger partial charge in [0.1, 0.15) is 0 Å². The van der Waals surface area contributed by atoms with Gasteiger partial charge in [-0.05, 0) is 6.92 Å². The second-order valence-electron chi connectivity index (χ2n) is 2.90. The Bertz CT molecular complexity index is 115. The van der Waals surface area contributed by atoms with Crippen molar-refractivity contribution in [2.75, 3.05) is 26.2 Å². The zero-order valence-electron chi connectivity index (χ0n) is 6.76. The van der Waals surface area contributed by atoms with E-state index in [0.29, 0.717) is 13.1 Å². The number of rotatable bonds is 2. The van der Waals surface area contributed by atoms with Gasteiger partial charge in [0.25, 0.3) is 0 Å². The van der Waals surface area contributed by atoms with Crippen molar-refractivity contribution in [1.82, 2.24) is 10.2 Å². The minimum Gasteiger partial charge on any atom is -0.389 e. The SMILES string of the molecule is CC(O)C(F)N1CCNCC1. The Hall–Kier alpha value is -0.190. The topological polar surface area (TPSA) is 35.5 Å². The van der Waals surface area contributed by atoms with Crippen LogP contribution in [0.3, 0.4) is 0 Å². The van der Waals surface area contributed by atoms with Gasteiger partial charge in [-0.2, -0.15) is 0 Å². The molecule has 66 valence electrons. The predicted octanol–water partition coefficient (Wildman–Crippen LogP) is -0.432. The number of hydrogen-bond acceptors (Lipinski definition) is 3. The van der Waals surface area contributed by atoms with Crippen LogP contribution in [-0.2, 0) is 0 Å². The minimum absolute atomic E-state index is 0.687. The Morgan fingerprint density at radius 2 is 2.00 bits per heavy atom. The molecule has 0 radical (unpaired) electrons. The van der Waals surface area contributed by atoms with Crippen LogP contribution in [0, 0.1) is 0 Å². The zero-order chi connectivity index (χ0) is 8.27. The number of halogens is 1. The third-order valence-corrected chi connectivity index (χ3v) is 1.90. The van der Waals surface area contributed by atoms with Gasteiger partial charge in [0.05, 0.1) is 6.10 Å². The third kappa shape index (κ3) is 2.39. The number of aliphatic hydroxyl groups excluding tert-OH is 1. The molecule has 1 fully saturated rings. The summed E-state index contributed by atoms with van der Waals surface area (Å²) in [7, 11) is 0. The van der Waals surface area contributed by atoms with E-state index in [1.54, 1.807) is 4.90 Å². The highest BCUT2D eigenvalue weighted by molar-refractivity contribution is 4.72. The van der Waals surface area contributed by atoms with Crippen LogP contribution in [0.5, 0.6) is 0 Å². The average molecular weight is 162 g/mol. The number of alkyl halides is 1. The van der Waals surface area contributed by atoms with Crippen molar-refractivity contribution in [1.29, 1.82) is 0 Å². The fourth-order valence-corrected chi connectivity index (χ4v) is 1.23. The van der Waals surface area contributed by atoms with Gasteiger partial charge in [0.2, 0.25) is 0 Å². The lowest BCUT2D eigenvalue weighted by Gasteiger charge is -2.31. The molecule has 1 aliphatic rings. The van der Waals surface area contributed by atoms with Crippen LogP contribution < -0.4 is 5.32 Å². The Kier molecular flexibility index (Phi) is 3.23. The fourth-order valence-electron chi connectivity index (χ4n) is 1.23. The molecular formula is C7H15FN2O. The summed E-state index contributed by atoms with van der Waals surface area (Å²) in [6.45, 7) is 4.48. The highest BCUT2D eigenvalue weighted by Gasteiger charge is 2.23. The van der Waals surface area contributed by atoms with E-state index in [-0.39, 0.29) is 0 Å². The molecule has 0 aromatic rings. The molecule has 0 spiro atoms. The van der Waals surface area contributed by atoms with Gasteiger partial charge in [0.15, 0.2) is 6.30 Å². The molecule has 0 aliphatic carbocycles. The van der Waals surface area contributed by atoms with Gasteiger partial charge in [-0.15, -0.1) is 0 Å². The van der Waals surface area contributed by atoms with E-state index < -0.39 is 12.4 Å². The van der Waals surface area contributed by atoms with Gasteiger partial charge in [0, 0.05) is 26.2 Å². The first-order valence-electron chi connectivity index (χ1n) is 3.98. The number of aliphatic hydroxyl groups is 1. The summed E-state index contributed by atoms with van der Waals surface area (Å²) in [5, 5.41) is 12.1. The van der Waals surface area contributed by atoms with E-state index in [1.165, 1.54) is 6.92 Å². The van der Waals surface area contributed by atoms with E-state index in [0.717, 1.165) is 13.1 Å². The largest absolute Gasteiger partial charge is 0.389 e. The maximum Gasteiger partial charge on any atom is 0.179 e. The standard InChI is InChI=1S/C7H15FN2O/c1-6(11)7(8)10-4-2-9-3-5-10/h6-7,9,11H,2-5H2,1H3. The summed E-state index contributed by atoms with van der Waals surface area (Å²) in [5.41, 5.74) is 0. The maximum absolute atomic E-state index is 13.1. The predicted molar refractivity (Wildman–Crippen MR) is 41.0 cm³/mol. The van der Waals surface area contributed by atoms with E-state index in [2.05, 4.69) is 5.32 Å². The molecule has 1 aliphatic heterocycles. The van der Waals surface area contributed by atoms with E-state index in [9.17, 15) is 4.39 Å². The molecule has 11 heavy (non-hydrogen) atoms. The van der Waals surface area contributed by atoms with Gasteiger partial charge in [-0.25, -0.2) is 4.39 Å². The molecule has 3 nitrogen and oxygen atoms in total. The Morgan fingerprint density at radius 3 is 2.45 bits per heavy atom. The summed E-state index contributed by atoms with van der Waals surface area (Å²) in [4.78, 5) is 1.65. The first-order valence-corrected chi connectivity index (χ1v) is 3.98. The second-order valence-corrected chi connectivity index (χ2v) is 2.90. The zero-order valence-corrected chi connectivity index (χ0v) is 6.76. The van der Waals surface area contributed by atoms with E-state index in [4.69, 9.17) is 5.11 Å². The Morgan fingerprint density at radius 1 is 1.45 bits per heavy atom. The summed E-state index contributed by atoms with van der Waals surface area (Å²) in [6.07, 6.45) is -2.08. The first-order chi connectivity index (χ1) is 5.22. The van der Waals surface area contributed by atoms with Gasteiger partial charge in [-0.3, -0.25) is 4.90 Å². The van der Waals surface area contributed by atoms with Crippen molar-refractivity contribution in [3.05, 3.63) is 0 Å². The van der Waals surface area contributed by atoms with Gasteiger partial charge >= 0.3 is 0 Å². The van der Waals surface area contributed by atoms with Crippen molar-refractivity contribution < 1.29 is 9.50 Å². The van der Waals surface area contributed by atoms with Crippen molar-refractivity contribution in [3.8, 4) is 0 Å². The second kappa shape index (κ2) is 3.99. The van der Waals surface area contributed by atoms with Crippen LogP contribution in [0.1, 0.15) is 6.92 Å². The third-order valence-electron chi connectivity index (χ3n) is 1.90. The van der Waals surface area contributed by atoms with Crippen LogP contribution in [0.25, 0.3) is 0 Å². The van der Waals surface area contributed by atoms with Crippen LogP contribution in [-0.4, -0.2) is 48.6 Å². The summed E-state index contributed by atoms with van der Waals surface area (Å²) < 4.78 is 13.1. The average Bonchev–Trinajstić information content (AvgIpc) is 2.05. The smallest absolute Gasteiger partial charge is 0.179 e. The molecule has 4 heteroatoms. The summed E-state index contributed by atoms with van der Waals surface area (Å²) in [5.74, 6) is 0. The molecular weight excluding hydrogens is 147 g/mol. The van der Waals surface area contributed by atoms with Gasteiger partial charge in [-0.1, -0.05) is 0 Å². The number of nitrogens with zero attached hydrogens (tertiary/aromatic N) is 1. The highest BCUT2D eigenvalue weighted by Crippen LogP contribution is 2.06. The fraction of sp³-hybridized carbons (Fsp3) is 1.00. The molecule has 1 heterocycles. The van der Waals surface area contributed by atoms with Crippen molar-refractivity contribution in [2.24, 2.45) is 0 Å². The van der Waals surface area contributed by atoms with Gasteiger partial charge < -0.3 is 10.4 Å². The Labute approximate surface area is 66.2 Å². The van der Waals surface area contributed by atoms with Crippen molar-refractivity contribution >= 4 is 0 Å². The van der Waals surface area contributed by atoms with E-state index in [1.807, 2.05) is 0 Å². The monoisotopic (exact) mass is 162 g/mol. The lowest BCUT2D eigenvalue weighted by Crippen LogP contribution is -2.50. The molecule has 2 atom stereocenters. The maximum atomic E-state index is 13.1. The summed E-state index contributed by atoms with van der Waals surface area (Å²) in [6, 6.07) is 0. The number of hydrogen-bond donors (Lipinski definition) is 2. The van der Waals surface area contributed by atoms with Crippen LogP contribution >= 0.6 is 0 Å². The molecule has 0 aromatic heterocycles. The molecule has 0 bridgehead atoms. The molecule has 0 aromatic carbocycles. The lowest BCUT2D eigenvalue weighted by atomic mass is 10.3. The minimum atomic E-state index is -1.20. The van der Waals surface area contributed by atoms with Crippen molar-refractivity contribution in [3.63, 3.8) is 0 Å². The van der Waals surface area contributed by atoms with Crippen LogP contribution in [0.15, 0.2) is 0 Å².